The normalized spacial score (nSPS) is 19.3. The largest absolute Gasteiger partial charge is 0.490 e. The van der Waals surface area contributed by atoms with E-state index in [1.54, 1.807) is 18.2 Å². The molecule has 0 saturated heterocycles. The van der Waals surface area contributed by atoms with Crippen LogP contribution in [0, 0.1) is 5.92 Å². The zero-order valence-electron chi connectivity index (χ0n) is 18.6. The molecule has 1 aliphatic rings. The minimum atomic E-state index is -1.62. The van der Waals surface area contributed by atoms with E-state index in [9.17, 15) is 13.8 Å². The molecule has 1 amide bonds. The second kappa shape index (κ2) is 11.0. The van der Waals surface area contributed by atoms with E-state index in [2.05, 4.69) is 10.9 Å². The van der Waals surface area contributed by atoms with Crippen molar-refractivity contribution in [3.05, 3.63) is 70.8 Å². The lowest BCUT2D eigenvalue weighted by molar-refractivity contribution is -0.114. The lowest BCUT2D eigenvalue weighted by Crippen LogP contribution is -2.38. The van der Waals surface area contributed by atoms with Crippen LogP contribution >= 0.6 is 11.6 Å². The summed E-state index contributed by atoms with van der Waals surface area (Å²) in [4.78, 5) is 24.6. The molecule has 3 rings (SSSR count). The van der Waals surface area contributed by atoms with Gasteiger partial charge < -0.3 is 23.8 Å². The molecule has 1 aliphatic carbocycles. The van der Waals surface area contributed by atoms with E-state index in [1.807, 2.05) is 19.1 Å². The van der Waals surface area contributed by atoms with Gasteiger partial charge in [-0.2, -0.15) is 10.6 Å². The highest BCUT2D eigenvalue weighted by Crippen LogP contribution is 2.38. The number of anilines is 1. The number of benzene rings is 2. The van der Waals surface area contributed by atoms with E-state index in [0.717, 1.165) is 30.3 Å². The van der Waals surface area contributed by atoms with Gasteiger partial charge in [-0.05, 0) is 67.1 Å². The van der Waals surface area contributed by atoms with Crippen molar-refractivity contribution < 1.29 is 18.5 Å². The number of carbonyl (C=O) groups is 2. The number of carbonyl (C=O) groups excluding carboxylic acids is 2. The molecule has 0 heterocycles. The lowest BCUT2D eigenvalue weighted by Gasteiger charge is -2.34. The Morgan fingerprint density at radius 1 is 1.36 bits per heavy atom. The van der Waals surface area contributed by atoms with Crippen LogP contribution in [-0.4, -0.2) is 24.6 Å². The van der Waals surface area contributed by atoms with Crippen LogP contribution in [0.3, 0.4) is 0 Å². The summed E-state index contributed by atoms with van der Waals surface area (Å²) in [5.41, 5.74) is 7.78. The van der Waals surface area contributed by atoms with Crippen molar-refractivity contribution in [3.63, 3.8) is 0 Å². The Balaban J connectivity index is 1.74. The van der Waals surface area contributed by atoms with Crippen LogP contribution < -0.4 is 10.5 Å². The highest BCUT2D eigenvalue weighted by Gasteiger charge is 2.37. The Hall–Kier alpha value is -2.64. The average Bonchev–Trinajstić information content (AvgIpc) is 2.77. The molecule has 0 unspecified atom stereocenters. The van der Waals surface area contributed by atoms with E-state index in [-0.39, 0.29) is 29.5 Å². The predicted octanol–water partition coefficient (Wildman–Crippen LogP) is 5.27. The van der Waals surface area contributed by atoms with Crippen LogP contribution in [0.1, 0.15) is 47.7 Å². The number of nitrogens with two attached hydrogens (primary N) is 1. The van der Waals surface area contributed by atoms with Crippen molar-refractivity contribution in [2.45, 2.75) is 38.0 Å². The molecule has 2 atom stereocenters. The van der Waals surface area contributed by atoms with Gasteiger partial charge in [0.05, 0.1) is 11.1 Å². The summed E-state index contributed by atoms with van der Waals surface area (Å²) in [5, 5.41) is 0.641. The number of nitrogens with zero attached hydrogens (tertiary/aromatic N) is 1. The molecule has 0 bridgehead atoms. The van der Waals surface area contributed by atoms with Gasteiger partial charge in [-0.3, -0.25) is 4.79 Å². The Bertz CT molecular complexity index is 1140. The predicted molar refractivity (Wildman–Crippen MR) is 132 cm³/mol. The van der Waals surface area contributed by atoms with Gasteiger partial charge in [0.15, 0.2) is 0 Å². The molecule has 0 aromatic heterocycles. The fraction of sp³-hybridized carbons (Fsp3) is 0.360. The fourth-order valence-electron chi connectivity index (χ4n) is 4.09. The Kier molecular flexibility index (Phi) is 8.32. The Morgan fingerprint density at radius 3 is 2.85 bits per heavy atom. The van der Waals surface area contributed by atoms with Crippen LogP contribution in [0.25, 0.3) is 0 Å². The third-order valence-corrected chi connectivity index (χ3v) is 7.28. The molecule has 0 aliphatic heterocycles. The van der Waals surface area contributed by atoms with Gasteiger partial charge in [-0.1, -0.05) is 42.3 Å². The molecule has 0 saturated carbocycles. The molecule has 0 spiro atoms. The van der Waals surface area contributed by atoms with E-state index >= 15 is 0 Å². The highest BCUT2D eigenvalue weighted by molar-refractivity contribution is 7.75. The minimum absolute atomic E-state index is 0.117. The zero-order valence-corrected chi connectivity index (χ0v) is 20.2. The molecule has 2 aromatic rings. The van der Waals surface area contributed by atoms with Crippen molar-refractivity contribution in [3.8, 4) is 5.75 Å². The maximum absolute atomic E-state index is 12.4. The smallest absolute Gasteiger partial charge is 0.254 e. The first kappa shape index (κ1) is 25.0. The molecule has 8 heteroatoms. The molecule has 176 valence electrons. The van der Waals surface area contributed by atoms with Crippen LogP contribution in [0.15, 0.2) is 53.4 Å². The molecule has 0 fully saturated rings. The van der Waals surface area contributed by atoms with Crippen LogP contribution in [-0.2, 0) is 31.4 Å². The number of ether oxygens (including phenoxy) is 1. The van der Waals surface area contributed by atoms with Gasteiger partial charge in [0.25, 0.3) is 5.91 Å². The van der Waals surface area contributed by atoms with Crippen molar-refractivity contribution in [1.82, 2.24) is 0 Å². The first-order chi connectivity index (χ1) is 15.8. The Morgan fingerprint density at radius 2 is 2.15 bits per heavy atom. The molecular formula is C25H28ClN2O4S-. The molecule has 6 nitrogen and oxygen atoms in total. The van der Waals surface area contributed by atoms with Gasteiger partial charge in [-0.15, -0.1) is 6.58 Å². The standard InChI is InChI=1S/C25H28ClN2O4S/c1-3-5-17(2)14-33(31)28-24(30)19-7-10-23(22(27)13-19)32-16-25(15-29)11-4-6-18-12-20(26)8-9-21(18)25/h3,7-10,12-13,15,17H,1,4-6,11,14,16,27H2,2H3/q-1/t17-,25-/m0/s1. The van der Waals surface area contributed by atoms with Crippen LogP contribution in [0.5, 0.6) is 5.75 Å². The van der Waals surface area contributed by atoms with Crippen LogP contribution in [0.2, 0.25) is 5.02 Å². The van der Waals surface area contributed by atoms with Crippen molar-refractivity contribution in [2.24, 2.45) is 10.3 Å². The number of hydrogen-bond acceptors (Lipinski definition) is 6. The number of aldehydes is 1. The highest BCUT2D eigenvalue weighted by atomic mass is 35.5. The SMILES string of the molecule is C=CC[C@H](C)C[S-](=O)=NC(=O)c1ccc(OC[C@@]2(C=O)CCCc3cc(Cl)ccc32)c(N)c1. The first-order valence-electron chi connectivity index (χ1n) is 10.8. The average molecular weight is 488 g/mol. The topological polar surface area (TPSA) is 98.8 Å². The van der Waals surface area contributed by atoms with Gasteiger partial charge in [0, 0.05) is 10.6 Å². The monoisotopic (exact) mass is 487 g/mol. The summed E-state index contributed by atoms with van der Waals surface area (Å²) >= 11 is 6.12. The number of halogens is 1. The third-order valence-electron chi connectivity index (χ3n) is 5.82. The van der Waals surface area contributed by atoms with Gasteiger partial charge in [0.1, 0.15) is 18.6 Å². The number of nitrogen functional groups attached to an aromatic ring is 1. The van der Waals surface area contributed by atoms with Crippen LogP contribution in [0.4, 0.5) is 5.69 Å². The van der Waals surface area contributed by atoms with Gasteiger partial charge in [-0.25, -0.2) is 0 Å². The maximum atomic E-state index is 12.4. The summed E-state index contributed by atoms with van der Waals surface area (Å²) in [6.45, 7) is 5.71. The number of rotatable bonds is 9. The Labute approximate surface area is 201 Å². The fourth-order valence-corrected chi connectivity index (χ4v) is 5.27. The molecule has 0 radical (unpaired) electrons. The molecule has 2 aromatic carbocycles. The summed E-state index contributed by atoms with van der Waals surface area (Å²) in [5.74, 6) is 0.177. The van der Waals surface area contributed by atoms with Gasteiger partial charge in [0.2, 0.25) is 0 Å². The summed E-state index contributed by atoms with van der Waals surface area (Å²) < 4.78 is 21.8. The maximum Gasteiger partial charge on any atom is 0.254 e. The number of allylic oxidation sites excluding steroid dienone is 1. The lowest BCUT2D eigenvalue weighted by atomic mass is 9.71. The minimum Gasteiger partial charge on any atom is -0.490 e. The van der Waals surface area contributed by atoms with E-state index < -0.39 is 21.9 Å². The number of fused-ring (bicyclic) bond motifs is 1. The van der Waals surface area contributed by atoms with E-state index in [0.29, 0.717) is 23.6 Å². The van der Waals surface area contributed by atoms with E-state index in [4.69, 9.17) is 22.1 Å². The number of amides is 1. The summed E-state index contributed by atoms with van der Waals surface area (Å²) in [6.07, 6.45) is 5.77. The van der Waals surface area contributed by atoms with Crippen molar-refractivity contribution >= 4 is 40.1 Å². The molecular weight excluding hydrogens is 460 g/mol. The number of aryl methyl sites for hydroxylation is 1. The quantitative estimate of drug-likeness (QED) is 0.225. The summed E-state index contributed by atoms with van der Waals surface area (Å²) in [6, 6.07) is 10.1. The molecule has 33 heavy (non-hydrogen) atoms. The second-order valence-corrected chi connectivity index (χ2v) is 10.1. The summed E-state index contributed by atoms with van der Waals surface area (Å²) in [7, 11) is -1.62. The van der Waals surface area contributed by atoms with Gasteiger partial charge >= 0.3 is 0 Å². The number of hydrogen-bond donors (Lipinski definition) is 1. The van der Waals surface area contributed by atoms with Crippen molar-refractivity contribution in [1.29, 1.82) is 0 Å². The molecule has 2 N–H and O–H groups in total. The van der Waals surface area contributed by atoms with Crippen molar-refractivity contribution in [2.75, 3.05) is 18.1 Å². The second-order valence-electron chi connectivity index (χ2n) is 8.48. The zero-order chi connectivity index (χ0) is 24.0. The third kappa shape index (κ3) is 6.03. The van der Waals surface area contributed by atoms with E-state index in [1.165, 1.54) is 12.1 Å². The first-order valence-corrected chi connectivity index (χ1v) is 12.5.